The average Bonchev–Trinajstić information content (AvgIpc) is 2.76. The summed E-state index contributed by atoms with van der Waals surface area (Å²) < 4.78 is 10.6. The van der Waals surface area contributed by atoms with E-state index in [-0.39, 0.29) is 12.6 Å². The van der Waals surface area contributed by atoms with E-state index in [1.54, 1.807) is 6.92 Å². The number of nitrogens with zero attached hydrogens (tertiary/aromatic N) is 2. The Kier molecular flexibility index (Phi) is 4.89. The minimum atomic E-state index is -0.395. The van der Waals surface area contributed by atoms with Crippen LogP contribution in [0, 0.1) is 6.92 Å². The van der Waals surface area contributed by atoms with Crippen LogP contribution < -0.4 is 0 Å². The molecule has 0 bridgehead atoms. The van der Waals surface area contributed by atoms with Crippen molar-refractivity contribution < 1.29 is 19.1 Å². The summed E-state index contributed by atoms with van der Waals surface area (Å²) in [6, 6.07) is 0. The molecule has 0 saturated heterocycles. The summed E-state index contributed by atoms with van der Waals surface area (Å²) in [6.45, 7) is 5.30. The number of rotatable bonds is 4. The van der Waals surface area contributed by atoms with Crippen LogP contribution in [0.2, 0.25) is 0 Å². The summed E-state index contributed by atoms with van der Waals surface area (Å²) in [5.74, 6) is -0.777. The highest BCUT2D eigenvalue weighted by atomic mass is 79.9. The highest BCUT2D eigenvalue weighted by molar-refractivity contribution is 9.10. The summed E-state index contributed by atoms with van der Waals surface area (Å²) in [5.41, 5.74) is 1.38. The fourth-order valence-corrected chi connectivity index (χ4v) is 3.74. The van der Waals surface area contributed by atoms with Gasteiger partial charge in [-0.1, -0.05) is 0 Å². The van der Waals surface area contributed by atoms with Gasteiger partial charge < -0.3 is 9.47 Å². The van der Waals surface area contributed by atoms with E-state index >= 15 is 0 Å². The molecule has 2 aromatic rings. The first-order valence-electron chi connectivity index (χ1n) is 6.20. The number of carbonyl (C=O) groups is 2. The molecule has 2 aromatic heterocycles. The van der Waals surface area contributed by atoms with Crippen LogP contribution in [0.15, 0.2) is 4.47 Å². The molecule has 0 fully saturated rings. The molecule has 0 amide bonds. The number of hydrogen-bond acceptors (Lipinski definition) is 7. The van der Waals surface area contributed by atoms with Crippen LogP contribution >= 0.6 is 27.3 Å². The van der Waals surface area contributed by atoms with Crippen LogP contribution in [0.5, 0.6) is 0 Å². The Bertz CT molecular complexity index is 714. The first-order chi connectivity index (χ1) is 9.95. The lowest BCUT2D eigenvalue weighted by Crippen LogP contribution is -2.04. The van der Waals surface area contributed by atoms with Gasteiger partial charge in [-0.25, -0.2) is 4.79 Å². The lowest BCUT2D eigenvalue weighted by atomic mass is 10.1. The highest BCUT2D eigenvalue weighted by Crippen LogP contribution is 2.37. The molecule has 0 atom stereocenters. The maximum Gasteiger partial charge on any atom is 0.349 e. The Morgan fingerprint density at radius 2 is 2.00 bits per heavy atom. The number of fused-ring (bicyclic) bond motifs is 1. The van der Waals surface area contributed by atoms with Gasteiger partial charge in [0.1, 0.15) is 22.0 Å². The number of esters is 2. The van der Waals surface area contributed by atoms with Gasteiger partial charge in [-0.05, 0) is 35.3 Å². The van der Waals surface area contributed by atoms with E-state index in [2.05, 4.69) is 26.1 Å². The van der Waals surface area contributed by atoms with Gasteiger partial charge in [0.25, 0.3) is 0 Å². The molecule has 0 radical (unpaired) electrons. The third-order valence-electron chi connectivity index (χ3n) is 2.77. The summed E-state index contributed by atoms with van der Waals surface area (Å²) in [6.07, 6.45) is 0. The molecule has 21 heavy (non-hydrogen) atoms. The number of carbonyl (C=O) groups excluding carboxylic acids is 2. The molecule has 0 N–H and O–H groups in total. The van der Waals surface area contributed by atoms with E-state index in [0.717, 1.165) is 10.9 Å². The lowest BCUT2D eigenvalue weighted by Gasteiger charge is -2.05. The number of ether oxygens (including phenoxy) is 2. The molecule has 6 nitrogen and oxygen atoms in total. The predicted molar refractivity (Wildman–Crippen MR) is 81.3 cm³/mol. The van der Waals surface area contributed by atoms with E-state index in [1.807, 2.05) is 6.92 Å². The largest absolute Gasteiger partial charge is 0.462 e. The normalized spacial score (nSPS) is 10.7. The van der Waals surface area contributed by atoms with Crippen molar-refractivity contribution in [2.24, 2.45) is 0 Å². The van der Waals surface area contributed by atoms with E-state index in [4.69, 9.17) is 9.47 Å². The summed E-state index contributed by atoms with van der Waals surface area (Å²) >= 11 is 4.64. The first kappa shape index (κ1) is 15.8. The predicted octanol–water partition coefficient (Wildman–Crippen LogP) is 3.00. The second kappa shape index (κ2) is 6.48. The first-order valence-corrected chi connectivity index (χ1v) is 7.81. The second-order valence-electron chi connectivity index (χ2n) is 4.20. The monoisotopic (exact) mass is 372 g/mol. The van der Waals surface area contributed by atoms with Gasteiger partial charge in [0.2, 0.25) is 0 Å². The molecule has 0 spiro atoms. The molecule has 8 heteroatoms. The number of halogens is 1. The second-order valence-corrected chi connectivity index (χ2v) is 5.99. The SMILES string of the molecule is CCOC(=O)c1sc2nnc(COC(C)=O)c(C)c2c1Br. The molecule has 0 aromatic carbocycles. The Labute approximate surface area is 133 Å². The van der Waals surface area contributed by atoms with Crippen LogP contribution in [0.1, 0.15) is 34.8 Å². The smallest absolute Gasteiger partial charge is 0.349 e. The zero-order valence-corrected chi connectivity index (χ0v) is 14.1. The van der Waals surface area contributed by atoms with E-state index in [1.165, 1.54) is 18.3 Å². The van der Waals surface area contributed by atoms with Crippen LogP contribution in [-0.4, -0.2) is 28.7 Å². The number of thiophene rings is 1. The van der Waals surface area contributed by atoms with Gasteiger partial charge in [-0.3, -0.25) is 4.79 Å². The average molecular weight is 373 g/mol. The highest BCUT2D eigenvalue weighted by Gasteiger charge is 2.21. The van der Waals surface area contributed by atoms with Crippen LogP contribution in [0.4, 0.5) is 0 Å². The Balaban J connectivity index is 2.47. The molecule has 0 aliphatic carbocycles. The molecular weight excluding hydrogens is 360 g/mol. The molecule has 0 unspecified atom stereocenters. The van der Waals surface area contributed by atoms with Crippen molar-refractivity contribution in [3.8, 4) is 0 Å². The number of aromatic nitrogens is 2. The quantitative estimate of drug-likeness (QED) is 0.767. The third-order valence-corrected chi connectivity index (χ3v) is 4.88. The van der Waals surface area contributed by atoms with Crippen LogP contribution in [0.25, 0.3) is 10.2 Å². The molecule has 0 aliphatic rings. The maximum atomic E-state index is 11.9. The van der Waals surface area contributed by atoms with Gasteiger partial charge in [0.05, 0.1) is 11.1 Å². The Hall–Kier alpha value is -1.54. The Morgan fingerprint density at radius 3 is 2.62 bits per heavy atom. The molecule has 112 valence electrons. The third kappa shape index (κ3) is 3.21. The van der Waals surface area contributed by atoms with Gasteiger partial charge in [0, 0.05) is 12.3 Å². The molecule has 0 saturated carbocycles. The zero-order valence-electron chi connectivity index (χ0n) is 11.7. The number of aryl methyl sites for hydroxylation is 1. The van der Waals surface area contributed by atoms with Crippen molar-refractivity contribution in [1.82, 2.24) is 10.2 Å². The van der Waals surface area contributed by atoms with Gasteiger partial charge >= 0.3 is 11.9 Å². The van der Waals surface area contributed by atoms with Crippen LogP contribution in [0.3, 0.4) is 0 Å². The molecule has 2 rings (SSSR count). The molecule has 2 heterocycles. The van der Waals surface area contributed by atoms with Crippen molar-refractivity contribution in [2.45, 2.75) is 27.4 Å². The van der Waals surface area contributed by atoms with Crippen molar-refractivity contribution in [1.29, 1.82) is 0 Å². The summed E-state index contributed by atoms with van der Waals surface area (Å²) in [7, 11) is 0. The number of hydrogen-bond donors (Lipinski definition) is 0. The summed E-state index contributed by atoms with van der Waals surface area (Å²) in [4.78, 5) is 23.9. The topological polar surface area (TPSA) is 78.4 Å². The van der Waals surface area contributed by atoms with Crippen molar-refractivity contribution >= 4 is 49.4 Å². The lowest BCUT2D eigenvalue weighted by molar-refractivity contribution is -0.142. The fraction of sp³-hybridized carbons (Fsp3) is 0.385. The molecular formula is C13H13BrN2O4S. The van der Waals surface area contributed by atoms with Crippen molar-refractivity contribution in [2.75, 3.05) is 6.61 Å². The van der Waals surface area contributed by atoms with E-state index < -0.39 is 5.97 Å². The minimum absolute atomic E-state index is 0.0567. The van der Waals surface area contributed by atoms with Crippen molar-refractivity contribution in [3.05, 3.63) is 20.6 Å². The summed E-state index contributed by atoms with van der Waals surface area (Å²) in [5, 5.41) is 8.92. The van der Waals surface area contributed by atoms with Crippen LogP contribution in [-0.2, 0) is 20.9 Å². The van der Waals surface area contributed by atoms with Crippen molar-refractivity contribution in [3.63, 3.8) is 0 Å². The fourth-order valence-electron chi connectivity index (χ4n) is 1.76. The van der Waals surface area contributed by atoms with Gasteiger partial charge in [-0.15, -0.1) is 16.4 Å². The van der Waals surface area contributed by atoms with E-state index in [0.29, 0.717) is 26.5 Å². The minimum Gasteiger partial charge on any atom is -0.462 e. The zero-order chi connectivity index (χ0) is 15.6. The Morgan fingerprint density at radius 1 is 1.29 bits per heavy atom. The van der Waals surface area contributed by atoms with E-state index in [9.17, 15) is 9.59 Å². The van der Waals surface area contributed by atoms with Gasteiger partial charge in [-0.2, -0.15) is 5.10 Å². The maximum absolute atomic E-state index is 11.9. The molecule has 0 aliphatic heterocycles. The van der Waals surface area contributed by atoms with Gasteiger partial charge in [0.15, 0.2) is 0 Å². The standard InChI is InChI=1S/C13H13BrN2O4S/c1-4-19-13(18)11-10(14)9-6(2)8(5-20-7(3)17)15-16-12(9)21-11/h4-5H2,1-3H3.